The van der Waals surface area contributed by atoms with Gasteiger partial charge in [0.05, 0.1) is 7.11 Å². The normalized spacial score (nSPS) is 10.9. The number of rotatable bonds is 5. The first-order valence-electron chi connectivity index (χ1n) is 8.49. The maximum atomic E-state index is 5.75. The van der Waals surface area contributed by atoms with E-state index in [1.165, 1.54) is 11.1 Å². The van der Waals surface area contributed by atoms with E-state index in [1.54, 1.807) is 7.11 Å². The van der Waals surface area contributed by atoms with E-state index < -0.39 is 0 Å². The molecule has 4 aromatic rings. The van der Waals surface area contributed by atoms with Crippen molar-refractivity contribution >= 4 is 0 Å². The summed E-state index contributed by atoms with van der Waals surface area (Å²) in [6.07, 6.45) is 0.279. The summed E-state index contributed by atoms with van der Waals surface area (Å²) in [5.74, 6) is 2.58. The molecule has 0 bridgehead atoms. The lowest BCUT2D eigenvalue weighted by Gasteiger charge is -2.00. The molecule has 136 valence electrons. The summed E-state index contributed by atoms with van der Waals surface area (Å²) < 4.78 is 16.2. The monoisotopic (exact) mass is 362 g/mol. The van der Waals surface area contributed by atoms with E-state index in [2.05, 4.69) is 34.2 Å². The Balaban J connectivity index is 1.51. The highest BCUT2D eigenvalue weighted by Gasteiger charge is 2.15. The van der Waals surface area contributed by atoms with E-state index in [9.17, 15) is 0 Å². The van der Waals surface area contributed by atoms with Crippen molar-refractivity contribution in [1.82, 2.24) is 20.3 Å². The minimum Gasteiger partial charge on any atom is -0.497 e. The molecule has 0 saturated heterocycles. The highest BCUT2D eigenvalue weighted by Crippen LogP contribution is 2.23. The van der Waals surface area contributed by atoms with Gasteiger partial charge >= 0.3 is 0 Å². The van der Waals surface area contributed by atoms with Gasteiger partial charge in [-0.25, -0.2) is 0 Å². The number of methoxy groups -OCH3 is 1. The van der Waals surface area contributed by atoms with Gasteiger partial charge < -0.3 is 13.7 Å². The molecule has 0 saturated carbocycles. The van der Waals surface area contributed by atoms with Gasteiger partial charge in [0.25, 0.3) is 0 Å². The minimum atomic E-state index is 0.279. The summed E-state index contributed by atoms with van der Waals surface area (Å²) in [7, 11) is 1.62. The fourth-order valence-electron chi connectivity index (χ4n) is 2.63. The molecule has 2 heterocycles. The van der Waals surface area contributed by atoms with E-state index in [-0.39, 0.29) is 6.42 Å². The Kier molecular flexibility index (Phi) is 4.42. The maximum absolute atomic E-state index is 5.75. The summed E-state index contributed by atoms with van der Waals surface area (Å²) in [6.45, 7) is 4.11. The van der Waals surface area contributed by atoms with E-state index in [1.807, 2.05) is 42.5 Å². The maximum Gasteiger partial charge on any atom is 0.247 e. The highest BCUT2D eigenvalue weighted by atomic mass is 16.5. The molecule has 0 radical (unpaired) electrons. The molecule has 0 fully saturated rings. The van der Waals surface area contributed by atoms with Crippen molar-refractivity contribution in [3.05, 3.63) is 65.4 Å². The van der Waals surface area contributed by atoms with Crippen molar-refractivity contribution in [2.24, 2.45) is 0 Å². The Hall–Kier alpha value is -3.48. The van der Waals surface area contributed by atoms with Crippen molar-refractivity contribution in [3.8, 4) is 28.6 Å². The topological polar surface area (TPSA) is 87.1 Å². The molecule has 7 heteroatoms. The van der Waals surface area contributed by atoms with Crippen LogP contribution in [0.3, 0.4) is 0 Å². The molecule has 0 atom stereocenters. The second-order valence-electron chi connectivity index (χ2n) is 6.22. The van der Waals surface area contributed by atoms with Crippen molar-refractivity contribution in [3.63, 3.8) is 0 Å². The molecule has 0 aliphatic carbocycles. The van der Waals surface area contributed by atoms with Crippen LogP contribution in [0.4, 0.5) is 0 Å². The van der Waals surface area contributed by atoms with Crippen molar-refractivity contribution < 1.29 is 13.7 Å². The summed E-state index contributed by atoms with van der Waals surface area (Å²) in [5.41, 5.74) is 4.12. The van der Waals surface area contributed by atoms with Crippen molar-refractivity contribution in [2.75, 3.05) is 7.11 Å². The fraction of sp³-hybridized carbons (Fsp3) is 0.200. The minimum absolute atomic E-state index is 0.279. The predicted octanol–water partition coefficient (Wildman–Crippen LogP) is 4.00. The van der Waals surface area contributed by atoms with Gasteiger partial charge in [-0.1, -0.05) is 11.2 Å². The predicted molar refractivity (Wildman–Crippen MR) is 98.3 cm³/mol. The molecule has 0 unspecified atom stereocenters. The van der Waals surface area contributed by atoms with Gasteiger partial charge in [0, 0.05) is 11.1 Å². The number of aryl methyl sites for hydroxylation is 2. The Bertz CT molecular complexity index is 1070. The largest absolute Gasteiger partial charge is 0.497 e. The van der Waals surface area contributed by atoms with E-state index in [0.29, 0.717) is 23.5 Å². The van der Waals surface area contributed by atoms with Crippen LogP contribution in [0.1, 0.15) is 22.9 Å². The zero-order chi connectivity index (χ0) is 18.8. The third kappa shape index (κ3) is 3.57. The third-order valence-corrected chi connectivity index (χ3v) is 4.34. The SMILES string of the molecule is COc1ccc(-c2noc(Cc3nnc(-c4ccc(C)c(C)c4)o3)n2)cc1. The standard InChI is InChI=1S/C20H18N4O3/c1-12-4-5-15(10-13(12)2)20-23-22-18(26-20)11-17-21-19(24-27-17)14-6-8-16(25-3)9-7-14/h4-10H,11H2,1-3H3. The molecule has 0 amide bonds. The third-order valence-electron chi connectivity index (χ3n) is 4.34. The first-order chi connectivity index (χ1) is 13.1. The quantitative estimate of drug-likeness (QED) is 0.530. The molecule has 0 spiro atoms. The zero-order valence-electron chi connectivity index (χ0n) is 15.3. The lowest BCUT2D eigenvalue weighted by atomic mass is 10.1. The second kappa shape index (κ2) is 7.03. The van der Waals surface area contributed by atoms with Crippen LogP contribution >= 0.6 is 0 Å². The van der Waals surface area contributed by atoms with E-state index in [4.69, 9.17) is 13.7 Å². The van der Waals surface area contributed by atoms with Crippen molar-refractivity contribution in [2.45, 2.75) is 20.3 Å². The van der Waals surface area contributed by atoms with Gasteiger partial charge in [0.15, 0.2) is 0 Å². The first-order valence-corrected chi connectivity index (χ1v) is 8.49. The lowest BCUT2D eigenvalue weighted by Crippen LogP contribution is -1.89. The van der Waals surface area contributed by atoms with Gasteiger partial charge in [-0.3, -0.25) is 0 Å². The van der Waals surface area contributed by atoms with Gasteiger partial charge in [-0.15, -0.1) is 10.2 Å². The van der Waals surface area contributed by atoms with Crippen LogP contribution in [0.5, 0.6) is 5.75 Å². The van der Waals surface area contributed by atoms with E-state index in [0.717, 1.165) is 16.9 Å². The molecule has 2 aromatic heterocycles. The molecule has 0 aliphatic rings. The average Bonchev–Trinajstić information content (AvgIpc) is 3.34. The van der Waals surface area contributed by atoms with Gasteiger partial charge in [-0.05, 0) is 61.4 Å². The molecular weight excluding hydrogens is 344 g/mol. The molecular formula is C20H18N4O3. The van der Waals surface area contributed by atoms with Crippen LogP contribution in [-0.2, 0) is 6.42 Å². The number of hydrogen-bond donors (Lipinski definition) is 0. The molecule has 0 aliphatic heterocycles. The number of hydrogen-bond acceptors (Lipinski definition) is 7. The highest BCUT2D eigenvalue weighted by molar-refractivity contribution is 5.56. The Morgan fingerprint density at radius 3 is 2.41 bits per heavy atom. The lowest BCUT2D eigenvalue weighted by molar-refractivity contribution is 0.374. The summed E-state index contributed by atoms with van der Waals surface area (Å²) in [4.78, 5) is 4.39. The van der Waals surface area contributed by atoms with Crippen LogP contribution in [0.15, 0.2) is 51.4 Å². The van der Waals surface area contributed by atoms with Crippen LogP contribution in [-0.4, -0.2) is 27.4 Å². The van der Waals surface area contributed by atoms with Crippen LogP contribution in [0.25, 0.3) is 22.8 Å². The number of nitrogens with zero attached hydrogens (tertiary/aromatic N) is 4. The zero-order valence-corrected chi connectivity index (χ0v) is 15.3. The molecule has 0 N–H and O–H groups in total. The summed E-state index contributed by atoms with van der Waals surface area (Å²) in [6, 6.07) is 13.5. The van der Waals surface area contributed by atoms with Crippen LogP contribution in [0.2, 0.25) is 0 Å². The fourth-order valence-corrected chi connectivity index (χ4v) is 2.63. The Morgan fingerprint density at radius 1 is 0.889 bits per heavy atom. The number of benzene rings is 2. The van der Waals surface area contributed by atoms with Gasteiger partial charge in [0.2, 0.25) is 23.5 Å². The molecule has 27 heavy (non-hydrogen) atoms. The summed E-state index contributed by atoms with van der Waals surface area (Å²) >= 11 is 0. The molecule has 4 rings (SSSR count). The van der Waals surface area contributed by atoms with Gasteiger partial charge in [0.1, 0.15) is 12.2 Å². The van der Waals surface area contributed by atoms with Crippen LogP contribution in [0, 0.1) is 13.8 Å². The summed E-state index contributed by atoms with van der Waals surface area (Å²) in [5, 5.41) is 12.2. The smallest absolute Gasteiger partial charge is 0.247 e. The van der Waals surface area contributed by atoms with Gasteiger partial charge in [-0.2, -0.15) is 4.98 Å². The number of aromatic nitrogens is 4. The second-order valence-corrected chi connectivity index (χ2v) is 6.22. The Morgan fingerprint density at radius 2 is 1.67 bits per heavy atom. The molecule has 7 nitrogen and oxygen atoms in total. The van der Waals surface area contributed by atoms with Crippen molar-refractivity contribution in [1.29, 1.82) is 0 Å². The van der Waals surface area contributed by atoms with E-state index >= 15 is 0 Å². The van der Waals surface area contributed by atoms with Crippen LogP contribution < -0.4 is 4.74 Å². The number of ether oxygens (including phenoxy) is 1. The Labute approximate surface area is 156 Å². The molecule has 2 aromatic carbocycles. The average molecular weight is 362 g/mol. The first kappa shape index (κ1) is 17.0.